The zero-order valence-corrected chi connectivity index (χ0v) is 23.7. The topological polar surface area (TPSA) is 143 Å². The van der Waals surface area contributed by atoms with Crippen LogP contribution in [0, 0.1) is 0 Å². The average Bonchev–Trinajstić information content (AvgIpc) is 3.67. The van der Waals surface area contributed by atoms with Gasteiger partial charge in [-0.05, 0) is 54.3 Å². The maximum absolute atomic E-state index is 13.3. The predicted octanol–water partition coefficient (Wildman–Crippen LogP) is 3.81. The summed E-state index contributed by atoms with van der Waals surface area (Å²) in [6, 6.07) is 15.8. The third-order valence-corrected chi connectivity index (χ3v) is 7.28. The van der Waals surface area contributed by atoms with Crippen molar-refractivity contribution in [3.8, 4) is 22.5 Å². The number of cyclic esters (lactones) is 2. The molecular formula is C29H34N6O6. The lowest BCUT2D eigenvalue weighted by Crippen LogP contribution is -2.51. The maximum atomic E-state index is 13.3. The number of hydrogen-bond acceptors (Lipinski definition) is 11. The number of methoxy groups -OCH3 is 1. The summed E-state index contributed by atoms with van der Waals surface area (Å²) >= 11 is 0. The van der Waals surface area contributed by atoms with Crippen LogP contribution in [-0.4, -0.2) is 78.9 Å². The molecule has 3 atom stereocenters. The van der Waals surface area contributed by atoms with E-state index in [-0.39, 0.29) is 5.70 Å². The number of nitrogens with one attached hydrogen (secondary N) is 1. The van der Waals surface area contributed by atoms with Gasteiger partial charge in [-0.2, -0.15) is 0 Å². The summed E-state index contributed by atoms with van der Waals surface area (Å²) in [6.45, 7) is 7.31. The number of carbonyl (C=O) groups excluding carboxylic acids is 2. The van der Waals surface area contributed by atoms with E-state index in [1.54, 1.807) is 25.7 Å². The normalized spacial score (nSPS) is 20.8. The third kappa shape index (κ3) is 5.34. The van der Waals surface area contributed by atoms with Crippen molar-refractivity contribution in [1.82, 2.24) is 30.4 Å². The standard InChI is InChI=1S/C29H34N6O6/c1-6-9-22-34(23(27(36)39-5)24(29(3,4)38)35(22)26-17(2)40-28(37)41-26)16-18-12-14-19(15-13-18)20-10-7-8-11-21(20)25-30-32-33-31-25/h7-8,10-15,17,22,26,38H,6,9,16H2,1-5H3,(H,30,31,32,33). The molecule has 3 heterocycles. The molecule has 2 aliphatic heterocycles. The number of aromatic nitrogens is 4. The second kappa shape index (κ2) is 11.2. The Kier molecular flexibility index (Phi) is 7.68. The molecule has 0 amide bonds. The fraction of sp³-hybridized carbons (Fsp3) is 0.414. The molecule has 12 nitrogen and oxygen atoms in total. The van der Waals surface area contributed by atoms with Crippen molar-refractivity contribution in [1.29, 1.82) is 0 Å². The number of tetrazole rings is 1. The fourth-order valence-corrected chi connectivity index (χ4v) is 5.57. The molecule has 2 aromatic carbocycles. The van der Waals surface area contributed by atoms with Crippen LogP contribution in [0.5, 0.6) is 0 Å². The first kappa shape index (κ1) is 28.1. The molecule has 1 fully saturated rings. The molecule has 0 radical (unpaired) electrons. The third-order valence-electron chi connectivity index (χ3n) is 7.28. The van der Waals surface area contributed by atoms with Gasteiger partial charge in [0.1, 0.15) is 17.5 Å². The van der Waals surface area contributed by atoms with Crippen LogP contribution >= 0.6 is 0 Å². The summed E-state index contributed by atoms with van der Waals surface area (Å²) in [5.41, 5.74) is 2.83. The highest BCUT2D eigenvalue weighted by Crippen LogP contribution is 2.43. The second-order valence-electron chi connectivity index (χ2n) is 10.6. The fourth-order valence-electron chi connectivity index (χ4n) is 5.57. The molecule has 2 N–H and O–H groups in total. The Hall–Kier alpha value is -4.45. The number of esters is 1. The molecule has 0 spiro atoms. The van der Waals surface area contributed by atoms with Crippen molar-refractivity contribution in [3.63, 3.8) is 0 Å². The minimum atomic E-state index is -1.46. The Morgan fingerprint density at radius 2 is 1.83 bits per heavy atom. The lowest BCUT2D eigenvalue weighted by Gasteiger charge is -2.39. The molecule has 2 aliphatic rings. The molecule has 0 aliphatic carbocycles. The van der Waals surface area contributed by atoms with Gasteiger partial charge in [-0.15, -0.1) is 5.10 Å². The summed E-state index contributed by atoms with van der Waals surface area (Å²) in [7, 11) is 1.31. The highest BCUT2D eigenvalue weighted by atomic mass is 16.8. The Morgan fingerprint density at radius 1 is 1.12 bits per heavy atom. The molecule has 0 saturated carbocycles. The van der Waals surface area contributed by atoms with E-state index in [4.69, 9.17) is 14.2 Å². The Morgan fingerprint density at radius 3 is 2.39 bits per heavy atom. The minimum absolute atomic E-state index is 0.223. The van der Waals surface area contributed by atoms with Crippen LogP contribution in [0.25, 0.3) is 22.5 Å². The number of benzene rings is 2. The van der Waals surface area contributed by atoms with Crippen LogP contribution in [0.15, 0.2) is 59.9 Å². The van der Waals surface area contributed by atoms with E-state index in [0.29, 0.717) is 24.5 Å². The van der Waals surface area contributed by atoms with Crippen LogP contribution in [0.1, 0.15) is 46.1 Å². The number of aliphatic hydroxyl groups is 1. The van der Waals surface area contributed by atoms with Crippen LogP contribution in [0.3, 0.4) is 0 Å². The summed E-state index contributed by atoms with van der Waals surface area (Å²) < 4.78 is 16.0. The number of aromatic amines is 1. The highest BCUT2D eigenvalue weighted by Gasteiger charge is 2.53. The summed E-state index contributed by atoms with van der Waals surface area (Å²) in [5.74, 6) is -0.0168. The molecule has 0 bridgehead atoms. The van der Waals surface area contributed by atoms with E-state index in [2.05, 4.69) is 20.6 Å². The lowest BCUT2D eigenvalue weighted by molar-refractivity contribution is -0.138. The van der Waals surface area contributed by atoms with E-state index in [0.717, 1.165) is 28.7 Å². The summed E-state index contributed by atoms with van der Waals surface area (Å²) in [5, 5.41) is 25.6. The molecular weight excluding hydrogens is 528 g/mol. The van der Waals surface area contributed by atoms with Gasteiger partial charge in [0.2, 0.25) is 6.23 Å². The second-order valence-corrected chi connectivity index (χ2v) is 10.6. The highest BCUT2D eigenvalue weighted by molar-refractivity contribution is 5.89. The van der Waals surface area contributed by atoms with Crippen LogP contribution in [0.4, 0.5) is 4.79 Å². The van der Waals surface area contributed by atoms with Gasteiger partial charge in [-0.1, -0.05) is 61.9 Å². The van der Waals surface area contributed by atoms with E-state index in [9.17, 15) is 14.7 Å². The first-order valence-electron chi connectivity index (χ1n) is 13.5. The van der Waals surface area contributed by atoms with E-state index < -0.39 is 36.2 Å². The number of nitrogens with zero attached hydrogens (tertiary/aromatic N) is 5. The maximum Gasteiger partial charge on any atom is 0.510 e. The van der Waals surface area contributed by atoms with Crippen molar-refractivity contribution >= 4 is 12.1 Å². The molecule has 1 saturated heterocycles. The SMILES string of the molecule is CCCC1N(Cc2ccc(-c3ccccc3-c3nnn[nH]3)cc2)C(C(=O)OC)=C(C(C)(C)O)N1C1OC(=O)OC1C. The molecule has 1 aromatic heterocycles. The van der Waals surface area contributed by atoms with Crippen LogP contribution < -0.4 is 0 Å². The van der Waals surface area contributed by atoms with Gasteiger partial charge in [0, 0.05) is 12.1 Å². The van der Waals surface area contributed by atoms with Crippen LogP contribution in [0.2, 0.25) is 0 Å². The van der Waals surface area contributed by atoms with Gasteiger partial charge < -0.3 is 29.1 Å². The van der Waals surface area contributed by atoms with Gasteiger partial charge in [-0.3, -0.25) is 0 Å². The van der Waals surface area contributed by atoms with E-state index in [1.165, 1.54) is 7.11 Å². The largest absolute Gasteiger partial charge is 0.510 e. The number of rotatable bonds is 9. The van der Waals surface area contributed by atoms with Crippen LogP contribution in [-0.2, 0) is 25.5 Å². The van der Waals surface area contributed by atoms with Gasteiger partial charge in [0.25, 0.3) is 0 Å². The predicted molar refractivity (Wildman–Crippen MR) is 147 cm³/mol. The minimum Gasteiger partial charge on any atom is -0.464 e. The van der Waals surface area contributed by atoms with Crippen molar-refractivity contribution in [2.45, 2.75) is 71.2 Å². The smallest absolute Gasteiger partial charge is 0.464 e. The number of hydrogen-bond donors (Lipinski definition) is 2. The average molecular weight is 563 g/mol. The van der Waals surface area contributed by atoms with Crippen molar-refractivity contribution in [3.05, 3.63) is 65.5 Å². The van der Waals surface area contributed by atoms with Crippen molar-refractivity contribution in [2.75, 3.05) is 7.11 Å². The molecule has 5 rings (SSSR count). The van der Waals surface area contributed by atoms with Gasteiger partial charge in [0.15, 0.2) is 11.9 Å². The zero-order chi connectivity index (χ0) is 29.3. The molecule has 216 valence electrons. The molecule has 12 heteroatoms. The van der Waals surface area contributed by atoms with Crippen molar-refractivity contribution in [2.24, 2.45) is 0 Å². The Bertz CT molecular complexity index is 1430. The zero-order valence-electron chi connectivity index (χ0n) is 23.7. The molecule has 41 heavy (non-hydrogen) atoms. The van der Waals surface area contributed by atoms with Gasteiger partial charge in [0.05, 0.1) is 12.8 Å². The first-order chi connectivity index (χ1) is 19.6. The molecule has 3 unspecified atom stereocenters. The quantitative estimate of drug-likeness (QED) is 0.368. The number of ether oxygens (including phenoxy) is 3. The first-order valence-corrected chi connectivity index (χ1v) is 13.5. The number of H-pyrrole nitrogens is 1. The van der Waals surface area contributed by atoms with Gasteiger partial charge in [-0.25, -0.2) is 14.7 Å². The Balaban J connectivity index is 1.53. The monoisotopic (exact) mass is 562 g/mol. The lowest BCUT2D eigenvalue weighted by atomic mass is 9.98. The Labute approximate surface area is 237 Å². The summed E-state index contributed by atoms with van der Waals surface area (Å²) in [6.07, 6.45) is -1.24. The van der Waals surface area contributed by atoms with Crippen molar-refractivity contribution < 1.29 is 28.9 Å². The van der Waals surface area contributed by atoms with E-state index in [1.807, 2.05) is 60.4 Å². The van der Waals surface area contributed by atoms with Gasteiger partial charge >= 0.3 is 12.1 Å². The number of carbonyl (C=O) groups is 2. The summed E-state index contributed by atoms with van der Waals surface area (Å²) in [4.78, 5) is 29.1. The molecule has 3 aromatic rings. The van der Waals surface area contributed by atoms with E-state index >= 15 is 0 Å².